The lowest BCUT2D eigenvalue weighted by Crippen LogP contribution is -2.09. The molecule has 0 fully saturated rings. The van der Waals surface area contributed by atoms with Crippen molar-refractivity contribution in [3.63, 3.8) is 0 Å². The van der Waals surface area contributed by atoms with Crippen molar-refractivity contribution in [3.05, 3.63) is 47.5 Å². The van der Waals surface area contributed by atoms with Gasteiger partial charge in [-0.25, -0.2) is 0 Å². The summed E-state index contributed by atoms with van der Waals surface area (Å²) < 4.78 is 5.03. The molecule has 14 heavy (non-hydrogen) atoms. The molecule has 1 aromatic carbocycles. The standard InChI is InChI=1S/C10H9NO3/c11-10-8(13)7(12)9(14-10)6-4-2-1-3-5-6/h1-5,9,13H,11H2. The lowest BCUT2D eigenvalue weighted by Gasteiger charge is -2.08. The van der Waals surface area contributed by atoms with Gasteiger partial charge in [0.2, 0.25) is 17.4 Å². The Labute approximate surface area is 80.6 Å². The van der Waals surface area contributed by atoms with Crippen molar-refractivity contribution in [3.8, 4) is 0 Å². The van der Waals surface area contributed by atoms with Crippen molar-refractivity contribution < 1.29 is 14.6 Å². The molecule has 0 amide bonds. The fraction of sp³-hybridized carbons (Fsp3) is 0.100. The zero-order chi connectivity index (χ0) is 10.1. The van der Waals surface area contributed by atoms with E-state index in [1.54, 1.807) is 24.3 Å². The highest BCUT2D eigenvalue weighted by Gasteiger charge is 2.34. The van der Waals surface area contributed by atoms with E-state index < -0.39 is 17.6 Å². The maximum Gasteiger partial charge on any atom is 0.247 e. The smallest absolute Gasteiger partial charge is 0.247 e. The van der Waals surface area contributed by atoms with E-state index in [0.717, 1.165) is 0 Å². The highest BCUT2D eigenvalue weighted by atomic mass is 16.5. The van der Waals surface area contributed by atoms with Gasteiger partial charge in [0.25, 0.3) is 0 Å². The van der Waals surface area contributed by atoms with Gasteiger partial charge >= 0.3 is 0 Å². The Morgan fingerprint density at radius 3 is 2.43 bits per heavy atom. The molecule has 0 radical (unpaired) electrons. The number of aliphatic hydroxyl groups is 1. The monoisotopic (exact) mass is 191 g/mol. The average molecular weight is 191 g/mol. The van der Waals surface area contributed by atoms with Gasteiger partial charge in [-0.2, -0.15) is 0 Å². The van der Waals surface area contributed by atoms with E-state index in [9.17, 15) is 9.90 Å². The Hall–Kier alpha value is -1.97. The molecule has 1 aliphatic heterocycles. The second-order valence-corrected chi connectivity index (χ2v) is 2.99. The topological polar surface area (TPSA) is 72.5 Å². The number of benzene rings is 1. The maximum absolute atomic E-state index is 11.4. The molecule has 2 rings (SSSR count). The average Bonchev–Trinajstić information content (AvgIpc) is 2.47. The van der Waals surface area contributed by atoms with Crippen LogP contribution in [0.3, 0.4) is 0 Å². The van der Waals surface area contributed by atoms with E-state index in [1.165, 1.54) is 0 Å². The Kier molecular flexibility index (Phi) is 1.89. The minimum absolute atomic E-state index is 0.205. The molecule has 72 valence electrons. The van der Waals surface area contributed by atoms with Crippen LogP contribution in [-0.2, 0) is 9.53 Å². The summed E-state index contributed by atoms with van der Waals surface area (Å²) in [5.74, 6) is -1.18. The quantitative estimate of drug-likeness (QED) is 0.694. The minimum Gasteiger partial charge on any atom is -0.501 e. The van der Waals surface area contributed by atoms with Crippen LogP contribution >= 0.6 is 0 Å². The second kappa shape index (κ2) is 3.06. The molecule has 0 spiro atoms. The van der Waals surface area contributed by atoms with Crippen molar-refractivity contribution in [2.75, 3.05) is 0 Å². The lowest BCUT2D eigenvalue weighted by atomic mass is 10.1. The highest BCUT2D eigenvalue weighted by Crippen LogP contribution is 2.29. The predicted molar refractivity (Wildman–Crippen MR) is 49.1 cm³/mol. The summed E-state index contributed by atoms with van der Waals surface area (Å²) in [6.45, 7) is 0. The van der Waals surface area contributed by atoms with E-state index in [4.69, 9.17) is 10.5 Å². The summed E-state index contributed by atoms with van der Waals surface area (Å²) in [5.41, 5.74) is 5.97. The first kappa shape index (κ1) is 8.62. The van der Waals surface area contributed by atoms with Crippen LogP contribution in [-0.4, -0.2) is 10.9 Å². The molecule has 1 aromatic rings. The van der Waals surface area contributed by atoms with Crippen molar-refractivity contribution in [1.29, 1.82) is 0 Å². The van der Waals surface area contributed by atoms with Crippen LogP contribution in [0.25, 0.3) is 0 Å². The zero-order valence-corrected chi connectivity index (χ0v) is 7.31. The van der Waals surface area contributed by atoms with Gasteiger partial charge in [0.1, 0.15) is 0 Å². The first-order chi connectivity index (χ1) is 6.70. The molecular weight excluding hydrogens is 182 g/mol. The molecule has 3 N–H and O–H groups in total. The van der Waals surface area contributed by atoms with Crippen LogP contribution in [0, 0.1) is 0 Å². The Morgan fingerprint density at radius 2 is 1.93 bits per heavy atom. The van der Waals surface area contributed by atoms with Gasteiger partial charge in [0.05, 0.1) is 0 Å². The third-order valence-electron chi connectivity index (χ3n) is 2.05. The number of ketones is 1. The summed E-state index contributed by atoms with van der Waals surface area (Å²) >= 11 is 0. The van der Waals surface area contributed by atoms with Crippen LogP contribution < -0.4 is 5.73 Å². The van der Waals surface area contributed by atoms with Crippen LogP contribution in [0.2, 0.25) is 0 Å². The molecule has 0 aliphatic carbocycles. The summed E-state index contributed by atoms with van der Waals surface area (Å²) in [6.07, 6.45) is -0.795. The fourth-order valence-corrected chi connectivity index (χ4v) is 1.33. The van der Waals surface area contributed by atoms with Crippen LogP contribution in [0.5, 0.6) is 0 Å². The van der Waals surface area contributed by atoms with Crippen LogP contribution in [0.15, 0.2) is 42.0 Å². The molecular formula is C10H9NO3. The lowest BCUT2D eigenvalue weighted by molar-refractivity contribution is -0.123. The largest absolute Gasteiger partial charge is 0.501 e. The van der Waals surface area contributed by atoms with Gasteiger partial charge in [0, 0.05) is 5.56 Å². The number of carbonyl (C=O) groups excluding carboxylic acids is 1. The number of rotatable bonds is 1. The maximum atomic E-state index is 11.4. The predicted octanol–water partition coefficient (Wildman–Crippen LogP) is 1.01. The first-order valence-corrected chi connectivity index (χ1v) is 4.14. The zero-order valence-electron chi connectivity index (χ0n) is 7.31. The minimum atomic E-state index is -0.795. The number of ether oxygens (including phenoxy) is 1. The van der Waals surface area contributed by atoms with E-state index in [0.29, 0.717) is 5.56 Å². The molecule has 1 aliphatic rings. The SMILES string of the molecule is NC1=C(O)C(=O)C(c2ccccc2)O1. The molecule has 0 aromatic heterocycles. The molecule has 0 bridgehead atoms. The van der Waals surface area contributed by atoms with Gasteiger partial charge in [-0.05, 0) is 0 Å². The summed E-state index contributed by atoms with van der Waals surface area (Å²) in [6, 6.07) is 8.90. The molecule has 0 saturated carbocycles. The molecule has 4 nitrogen and oxygen atoms in total. The van der Waals surface area contributed by atoms with Gasteiger partial charge in [-0.1, -0.05) is 30.3 Å². The highest BCUT2D eigenvalue weighted by molar-refractivity contribution is 5.99. The van der Waals surface area contributed by atoms with Crippen LogP contribution in [0.1, 0.15) is 11.7 Å². The molecule has 0 saturated heterocycles. The Morgan fingerprint density at radius 1 is 1.29 bits per heavy atom. The molecule has 1 unspecified atom stereocenters. The van der Waals surface area contributed by atoms with Gasteiger partial charge in [0.15, 0.2) is 6.10 Å². The van der Waals surface area contributed by atoms with E-state index in [1.807, 2.05) is 6.07 Å². The number of aliphatic hydroxyl groups excluding tert-OH is 1. The van der Waals surface area contributed by atoms with Crippen LogP contribution in [0.4, 0.5) is 0 Å². The van der Waals surface area contributed by atoms with Gasteiger partial charge < -0.3 is 15.6 Å². The van der Waals surface area contributed by atoms with E-state index >= 15 is 0 Å². The van der Waals surface area contributed by atoms with E-state index in [2.05, 4.69) is 0 Å². The number of hydrogen-bond donors (Lipinski definition) is 2. The molecule has 1 heterocycles. The van der Waals surface area contributed by atoms with Crippen molar-refractivity contribution in [2.45, 2.75) is 6.10 Å². The molecule has 1 atom stereocenters. The fourth-order valence-electron chi connectivity index (χ4n) is 1.33. The third kappa shape index (κ3) is 1.21. The van der Waals surface area contributed by atoms with Crippen molar-refractivity contribution >= 4 is 5.78 Å². The summed E-state index contributed by atoms with van der Waals surface area (Å²) in [4.78, 5) is 11.4. The second-order valence-electron chi connectivity index (χ2n) is 2.99. The summed E-state index contributed by atoms with van der Waals surface area (Å²) in [5, 5.41) is 9.18. The van der Waals surface area contributed by atoms with Gasteiger partial charge in [-0.15, -0.1) is 0 Å². The molecule has 4 heteroatoms. The first-order valence-electron chi connectivity index (χ1n) is 4.14. The number of carbonyl (C=O) groups is 1. The van der Waals surface area contributed by atoms with Gasteiger partial charge in [-0.3, -0.25) is 4.79 Å². The Balaban J connectivity index is 2.30. The number of nitrogens with two attached hydrogens (primary N) is 1. The van der Waals surface area contributed by atoms with Crippen molar-refractivity contribution in [2.24, 2.45) is 5.73 Å². The van der Waals surface area contributed by atoms with Crippen molar-refractivity contribution in [1.82, 2.24) is 0 Å². The number of Topliss-reactive ketones (excluding diaryl/α,β-unsaturated/α-hetero) is 1. The Bertz CT molecular complexity index is 397. The normalized spacial score (nSPS) is 21.1. The third-order valence-corrected chi connectivity index (χ3v) is 2.05. The van der Waals surface area contributed by atoms with E-state index in [-0.39, 0.29) is 5.88 Å². The number of hydrogen-bond acceptors (Lipinski definition) is 4. The summed E-state index contributed by atoms with van der Waals surface area (Å²) in [7, 11) is 0.